The minimum absolute atomic E-state index is 0.0403. The predicted octanol–water partition coefficient (Wildman–Crippen LogP) is -2.85. The molecule has 0 aromatic rings. The van der Waals surface area contributed by atoms with Crippen LogP contribution in [0.5, 0.6) is 0 Å². The molecular formula is C11H16N3O6S. The summed E-state index contributed by atoms with van der Waals surface area (Å²) in [6.45, 7) is 0. The molecule has 0 aromatic heterocycles. The minimum Gasteiger partial charge on any atom is -0.479 e. The zero-order valence-corrected chi connectivity index (χ0v) is 11.8. The van der Waals surface area contributed by atoms with Crippen LogP contribution < -0.4 is 16.8 Å². The first-order valence-corrected chi connectivity index (χ1v) is 7.97. The van der Waals surface area contributed by atoms with E-state index in [-0.39, 0.29) is 12.8 Å². The van der Waals surface area contributed by atoms with Crippen molar-refractivity contribution in [2.24, 2.45) is 17.4 Å². The summed E-state index contributed by atoms with van der Waals surface area (Å²) >= 11 is 0. The molecule has 1 aliphatic heterocycles. The van der Waals surface area contributed by atoms with E-state index in [1.54, 1.807) is 0 Å². The first-order valence-electron chi connectivity index (χ1n) is 6.26. The average molecular weight is 318 g/mol. The van der Waals surface area contributed by atoms with E-state index in [4.69, 9.17) is 11.5 Å². The molecule has 1 aliphatic carbocycles. The van der Waals surface area contributed by atoms with Gasteiger partial charge in [0.2, 0.25) is 11.8 Å². The number of primary amides is 1. The summed E-state index contributed by atoms with van der Waals surface area (Å²) in [5.74, 6) is -4.26. The lowest BCUT2D eigenvalue weighted by molar-refractivity contribution is -0.147. The molecule has 1 saturated heterocycles. The molecule has 0 bridgehead atoms. The quantitative estimate of drug-likeness (QED) is 0.408. The van der Waals surface area contributed by atoms with Gasteiger partial charge in [0.05, 0.1) is 17.0 Å². The van der Waals surface area contributed by atoms with Crippen molar-refractivity contribution in [1.29, 1.82) is 0 Å². The van der Waals surface area contributed by atoms with Crippen molar-refractivity contribution in [2.45, 2.75) is 29.7 Å². The zero-order valence-electron chi connectivity index (χ0n) is 11.0. The first-order chi connectivity index (χ1) is 9.60. The van der Waals surface area contributed by atoms with E-state index in [0.29, 0.717) is 0 Å². The molecule has 0 unspecified atom stereocenters. The van der Waals surface area contributed by atoms with Crippen LogP contribution in [0, 0.1) is 12.3 Å². The number of sulfone groups is 1. The average Bonchev–Trinajstić information content (AvgIpc) is 3.11. The lowest BCUT2D eigenvalue weighted by atomic mass is 9.95. The Balaban J connectivity index is 2.10. The molecule has 10 heteroatoms. The Labute approximate surface area is 121 Å². The molecule has 6 N–H and O–H groups in total. The monoisotopic (exact) mass is 318 g/mol. The third kappa shape index (κ3) is 2.72. The Hall–Kier alpha value is -1.68. The van der Waals surface area contributed by atoms with E-state index < -0.39 is 56.1 Å². The van der Waals surface area contributed by atoms with Gasteiger partial charge >= 0.3 is 5.97 Å². The fourth-order valence-corrected chi connectivity index (χ4v) is 4.86. The number of hydrogen-bond acceptors (Lipinski definition) is 6. The summed E-state index contributed by atoms with van der Waals surface area (Å²) in [4.78, 5) is 34.0. The molecule has 117 valence electrons. The number of nitrogens with one attached hydrogen (secondary N) is 1. The highest BCUT2D eigenvalue weighted by atomic mass is 32.2. The lowest BCUT2D eigenvalue weighted by Gasteiger charge is -2.28. The fourth-order valence-electron chi connectivity index (χ4n) is 2.56. The van der Waals surface area contributed by atoms with Crippen LogP contribution in [-0.4, -0.2) is 53.9 Å². The van der Waals surface area contributed by atoms with Gasteiger partial charge in [-0.25, -0.2) is 13.2 Å². The van der Waals surface area contributed by atoms with Crippen molar-refractivity contribution >= 4 is 27.6 Å². The second-order valence-electron chi connectivity index (χ2n) is 5.37. The predicted molar refractivity (Wildman–Crippen MR) is 70.3 cm³/mol. The Bertz CT molecular complexity index is 603. The van der Waals surface area contributed by atoms with E-state index in [9.17, 15) is 27.9 Å². The second-order valence-corrected chi connectivity index (χ2v) is 7.53. The van der Waals surface area contributed by atoms with E-state index in [2.05, 4.69) is 5.32 Å². The highest BCUT2D eigenvalue weighted by molar-refractivity contribution is 7.93. The van der Waals surface area contributed by atoms with Crippen LogP contribution >= 0.6 is 0 Å². The van der Waals surface area contributed by atoms with Gasteiger partial charge in [0.1, 0.15) is 0 Å². The molecule has 21 heavy (non-hydrogen) atoms. The Kier molecular flexibility index (Phi) is 3.70. The highest BCUT2D eigenvalue weighted by Crippen LogP contribution is 2.51. The second kappa shape index (κ2) is 4.95. The Morgan fingerprint density at radius 2 is 2.05 bits per heavy atom. The summed E-state index contributed by atoms with van der Waals surface area (Å²) in [6, 6.07) is -1.13. The van der Waals surface area contributed by atoms with E-state index in [0.717, 1.165) is 0 Å². The maximum atomic E-state index is 11.9. The topological polar surface area (TPSA) is 170 Å². The maximum Gasteiger partial charge on any atom is 0.330 e. The molecule has 9 nitrogen and oxygen atoms in total. The summed E-state index contributed by atoms with van der Waals surface area (Å²) in [5, 5.41) is 10.7. The standard InChI is InChI=1S/C11H16N3O6S/c12-6(1-2-8(13)15)9(16)14-11(10(17)18)4-21(19,20)7-3-5(7)11/h3,5-7H,1-2,4,12H2,(H2,13,15)(H,14,16)(H,17,18)/t5-,6+,7+,11+/m1/s1. The van der Waals surface area contributed by atoms with Crippen LogP contribution in [0.3, 0.4) is 0 Å². The van der Waals surface area contributed by atoms with Crippen LogP contribution in [0.1, 0.15) is 12.8 Å². The number of rotatable bonds is 6. The summed E-state index contributed by atoms with van der Waals surface area (Å²) < 4.78 is 23.5. The largest absolute Gasteiger partial charge is 0.479 e. The van der Waals surface area contributed by atoms with Gasteiger partial charge in [0.15, 0.2) is 15.4 Å². The van der Waals surface area contributed by atoms with Crippen molar-refractivity contribution in [3.8, 4) is 0 Å². The molecule has 2 aliphatic rings. The molecule has 0 spiro atoms. The number of nitrogens with two attached hydrogens (primary N) is 2. The Morgan fingerprint density at radius 1 is 1.43 bits per heavy atom. The van der Waals surface area contributed by atoms with E-state index in [1.165, 1.54) is 6.42 Å². The van der Waals surface area contributed by atoms with E-state index in [1.807, 2.05) is 0 Å². The third-order valence-electron chi connectivity index (χ3n) is 3.79. The normalized spacial score (nSPS) is 33.8. The van der Waals surface area contributed by atoms with Crippen molar-refractivity contribution < 1.29 is 27.9 Å². The number of aliphatic carboxylic acids is 1. The van der Waals surface area contributed by atoms with Gasteiger partial charge in [-0.05, 0) is 12.8 Å². The van der Waals surface area contributed by atoms with Gasteiger partial charge in [0, 0.05) is 12.3 Å². The molecular weight excluding hydrogens is 302 g/mol. The van der Waals surface area contributed by atoms with Gasteiger partial charge in [0.25, 0.3) is 0 Å². The van der Waals surface area contributed by atoms with Gasteiger partial charge in [-0.2, -0.15) is 0 Å². The molecule has 0 aromatic carbocycles. The number of amides is 2. The number of carboxylic acid groups (broad SMARTS) is 1. The molecule has 2 amide bonds. The zero-order chi connectivity index (χ0) is 16.0. The van der Waals surface area contributed by atoms with Crippen LogP contribution in [0.25, 0.3) is 0 Å². The fraction of sp³-hybridized carbons (Fsp3) is 0.636. The maximum absolute atomic E-state index is 11.9. The number of carbonyl (C=O) groups is 3. The molecule has 1 radical (unpaired) electrons. The van der Waals surface area contributed by atoms with Crippen molar-refractivity contribution in [3.05, 3.63) is 6.42 Å². The van der Waals surface area contributed by atoms with Crippen LogP contribution in [0.15, 0.2) is 0 Å². The van der Waals surface area contributed by atoms with Crippen LogP contribution in [0.2, 0.25) is 0 Å². The first kappa shape index (κ1) is 15.7. The van der Waals surface area contributed by atoms with Gasteiger partial charge in [-0.1, -0.05) is 0 Å². The minimum atomic E-state index is -3.57. The molecule has 4 atom stereocenters. The van der Waals surface area contributed by atoms with Crippen LogP contribution in [0.4, 0.5) is 0 Å². The van der Waals surface area contributed by atoms with Gasteiger partial charge in [-0.3, -0.25) is 9.59 Å². The molecule has 1 saturated carbocycles. The summed E-state index contributed by atoms with van der Waals surface area (Å²) in [7, 11) is -3.57. The van der Waals surface area contributed by atoms with Gasteiger partial charge in [-0.15, -0.1) is 0 Å². The highest BCUT2D eigenvalue weighted by Gasteiger charge is 2.71. The Morgan fingerprint density at radius 3 is 2.43 bits per heavy atom. The number of fused-ring (bicyclic) bond motifs is 1. The van der Waals surface area contributed by atoms with Crippen molar-refractivity contribution in [3.63, 3.8) is 0 Å². The molecule has 1 heterocycles. The molecule has 2 fully saturated rings. The number of carbonyl (C=O) groups excluding carboxylic acids is 2. The van der Waals surface area contributed by atoms with Crippen molar-refractivity contribution in [2.75, 3.05) is 5.75 Å². The number of hydrogen-bond donors (Lipinski definition) is 4. The summed E-state index contributed by atoms with van der Waals surface area (Å²) in [5.41, 5.74) is 8.63. The van der Waals surface area contributed by atoms with Gasteiger partial charge < -0.3 is 21.9 Å². The lowest BCUT2D eigenvalue weighted by Crippen LogP contribution is -2.61. The number of carboxylic acids is 1. The molecule has 2 rings (SSSR count). The SMILES string of the molecule is NC(=O)CC[C@H](N)C(=O)N[C@@]1(C(=O)O)CS(=O)(=O)[C@H]2[CH][C@H]21. The van der Waals surface area contributed by atoms with Crippen molar-refractivity contribution in [1.82, 2.24) is 5.32 Å². The smallest absolute Gasteiger partial charge is 0.330 e. The summed E-state index contributed by atoms with van der Waals surface area (Å²) in [6.07, 6.45) is 1.22. The van der Waals surface area contributed by atoms with E-state index >= 15 is 0 Å². The third-order valence-corrected chi connectivity index (χ3v) is 5.93. The van der Waals surface area contributed by atoms with Crippen LogP contribution in [-0.2, 0) is 24.2 Å².